The lowest BCUT2D eigenvalue weighted by molar-refractivity contribution is 1.73. The third-order valence-corrected chi connectivity index (χ3v) is 0.816. The predicted molar refractivity (Wildman–Crippen MR) is 46.5 cm³/mol. The standard InChI is InChI=1S/C10H12/c1-3-5-7-9-10-8-6-4-2/h3-7,9H,1-2H3/b5-3+,6-4+,9-7+. The summed E-state index contributed by atoms with van der Waals surface area (Å²) in [5.41, 5.74) is 0. The summed E-state index contributed by atoms with van der Waals surface area (Å²) >= 11 is 0. The fraction of sp³-hybridized carbons (Fsp3) is 0.200. The Morgan fingerprint density at radius 3 is 2.10 bits per heavy atom. The first kappa shape index (κ1) is 8.78. The van der Waals surface area contributed by atoms with Crippen molar-refractivity contribution < 1.29 is 0 Å². The van der Waals surface area contributed by atoms with E-state index in [-0.39, 0.29) is 0 Å². The molecule has 0 heterocycles. The van der Waals surface area contributed by atoms with Crippen LogP contribution < -0.4 is 0 Å². The lowest BCUT2D eigenvalue weighted by Gasteiger charge is -1.66. The summed E-state index contributed by atoms with van der Waals surface area (Å²) in [6, 6.07) is 0. The molecule has 0 aromatic heterocycles. The molecule has 52 valence electrons. The monoisotopic (exact) mass is 132 g/mol. The molecule has 0 aromatic rings. The zero-order chi connectivity index (χ0) is 7.66. The minimum Gasteiger partial charge on any atom is -0.0876 e. The Morgan fingerprint density at radius 2 is 1.50 bits per heavy atom. The second-order valence-electron chi connectivity index (χ2n) is 1.67. The van der Waals surface area contributed by atoms with Gasteiger partial charge in [0.15, 0.2) is 0 Å². The number of hydrogen-bond acceptors (Lipinski definition) is 0. The molecule has 0 aromatic carbocycles. The fourth-order valence-electron chi connectivity index (χ4n) is 0.394. The highest BCUT2D eigenvalue weighted by Gasteiger charge is 1.56. The van der Waals surface area contributed by atoms with E-state index in [0.29, 0.717) is 0 Å². The van der Waals surface area contributed by atoms with Gasteiger partial charge < -0.3 is 0 Å². The van der Waals surface area contributed by atoms with Gasteiger partial charge in [0.2, 0.25) is 0 Å². The number of allylic oxidation sites excluding steroid dienone is 6. The third-order valence-electron chi connectivity index (χ3n) is 0.816. The van der Waals surface area contributed by atoms with E-state index in [2.05, 4.69) is 11.8 Å². The second-order valence-corrected chi connectivity index (χ2v) is 1.67. The van der Waals surface area contributed by atoms with Gasteiger partial charge in [-0.2, -0.15) is 0 Å². The van der Waals surface area contributed by atoms with Crippen molar-refractivity contribution in [2.24, 2.45) is 0 Å². The first-order valence-electron chi connectivity index (χ1n) is 3.32. The lowest BCUT2D eigenvalue weighted by Crippen LogP contribution is -1.49. The average Bonchev–Trinajstić information content (AvgIpc) is 1.97. The molecule has 0 nitrogen and oxygen atoms in total. The smallest absolute Gasteiger partial charge is 0.0115 e. The maximum Gasteiger partial charge on any atom is -0.0115 e. The molecule has 0 unspecified atom stereocenters. The van der Waals surface area contributed by atoms with Crippen molar-refractivity contribution in [2.75, 3.05) is 0 Å². The minimum absolute atomic E-state index is 1.82. The Labute approximate surface area is 63.0 Å². The second kappa shape index (κ2) is 7.78. The molecule has 0 atom stereocenters. The highest BCUT2D eigenvalue weighted by atomic mass is 13.6. The molecule has 0 fully saturated rings. The summed E-state index contributed by atoms with van der Waals surface area (Å²) in [5.74, 6) is 5.70. The van der Waals surface area contributed by atoms with Crippen LogP contribution in [-0.4, -0.2) is 0 Å². The van der Waals surface area contributed by atoms with E-state index in [4.69, 9.17) is 0 Å². The molecule has 0 saturated heterocycles. The van der Waals surface area contributed by atoms with Crippen LogP contribution in [0.4, 0.5) is 0 Å². The molecular weight excluding hydrogens is 120 g/mol. The van der Waals surface area contributed by atoms with Gasteiger partial charge in [0.05, 0.1) is 0 Å². The fourth-order valence-corrected chi connectivity index (χ4v) is 0.394. The van der Waals surface area contributed by atoms with E-state index in [9.17, 15) is 0 Å². The summed E-state index contributed by atoms with van der Waals surface area (Å²) in [7, 11) is 0. The van der Waals surface area contributed by atoms with Gasteiger partial charge in [-0.05, 0) is 26.0 Å². The molecule has 0 aliphatic carbocycles. The van der Waals surface area contributed by atoms with E-state index >= 15 is 0 Å². The van der Waals surface area contributed by atoms with Crippen molar-refractivity contribution in [3.05, 3.63) is 36.5 Å². The van der Waals surface area contributed by atoms with E-state index in [1.807, 2.05) is 50.3 Å². The van der Waals surface area contributed by atoms with Crippen molar-refractivity contribution in [1.82, 2.24) is 0 Å². The SMILES string of the molecule is C/C=C/C#C/C=C/C=C/C. The van der Waals surface area contributed by atoms with Gasteiger partial charge in [0.1, 0.15) is 0 Å². The predicted octanol–water partition coefficient (Wildman–Crippen LogP) is 2.70. The van der Waals surface area contributed by atoms with Crippen molar-refractivity contribution in [3.8, 4) is 11.8 Å². The Bertz CT molecular complexity index is 194. The Balaban J connectivity index is 3.64. The first-order valence-corrected chi connectivity index (χ1v) is 3.32. The molecule has 0 N–H and O–H groups in total. The van der Waals surface area contributed by atoms with Crippen molar-refractivity contribution in [1.29, 1.82) is 0 Å². The summed E-state index contributed by atoms with van der Waals surface area (Å²) in [6.07, 6.45) is 11.4. The van der Waals surface area contributed by atoms with Gasteiger partial charge in [0.25, 0.3) is 0 Å². The molecule has 0 aliphatic rings. The van der Waals surface area contributed by atoms with Gasteiger partial charge in [0, 0.05) is 0 Å². The van der Waals surface area contributed by atoms with Crippen LogP contribution in [0.3, 0.4) is 0 Å². The molecule has 0 rings (SSSR count). The van der Waals surface area contributed by atoms with Crippen LogP contribution in [0.5, 0.6) is 0 Å². The normalized spacial score (nSPS) is 11.0. The van der Waals surface area contributed by atoms with Gasteiger partial charge >= 0.3 is 0 Å². The topological polar surface area (TPSA) is 0 Å². The molecule has 0 heteroatoms. The Hall–Kier alpha value is -1.22. The molecular formula is C10H12. The first-order chi connectivity index (χ1) is 4.91. The number of rotatable bonds is 1. The molecule has 0 spiro atoms. The summed E-state index contributed by atoms with van der Waals surface area (Å²) in [4.78, 5) is 0. The van der Waals surface area contributed by atoms with Gasteiger partial charge in [-0.15, -0.1) is 0 Å². The number of hydrogen-bond donors (Lipinski definition) is 0. The minimum atomic E-state index is 1.82. The summed E-state index contributed by atoms with van der Waals surface area (Å²) in [6.45, 7) is 3.92. The van der Waals surface area contributed by atoms with Crippen LogP contribution in [0.1, 0.15) is 13.8 Å². The highest BCUT2D eigenvalue weighted by molar-refractivity contribution is 5.25. The quantitative estimate of drug-likeness (QED) is 0.380. The van der Waals surface area contributed by atoms with E-state index in [1.165, 1.54) is 0 Å². The van der Waals surface area contributed by atoms with Crippen molar-refractivity contribution in [3.63, 3.8) is 0 Å². The summed E-state index contributed by atoms with van der Waals surface area (Å²) in [5, 5.41) is 0. The maximum atomic E-state index is 2.85. The van der Waals surface area contributed by atoms with Crippen LogP contribution in [0.2, 0.25) is 0 Å². The van der Waals surface area contributed by atoms with E-state index in [1.54, 1.807) is 0 Å². The zero-order valence-corrected chi connectivity index (χ0v) is 6.46. The molecule has 0 saturated carbocycles. The van der Waals surface area contributed by atoms with Crippen LogP contribution in [0, 0.1) is 11.8 Å². The van der Waals surface area contributed by atoms with E-state index in [0.717, 1.165) is 0 Å². The van der Waals surface area contributed by atoms with Gasteiger partial charge in [-0.1, -0.05) is 36.1 Å². The lowest BCUT2D eigenvalue weighted by atomic mass is 10.4. The van der Waals surface area contributed by atoms with Crippen LogP contribution >= 0.6 is 0 Å². The molecule has 0 radical (unpaired) electrons. The van der Waals surface area contributed by atoms with E-state index < -0.39 is 0 Å². The Kier molecular flexibility index (Phi) is 6.83. The molecule has 10 heavy (non-hydrogen) atoms. The third kappa shape index (κ3) is 6.78. The van der Waals surface area contributed by atoms with Crippen molar-refractivity contribution in [2.45, 2.75) is 13.8 Å². The van der Waals surface area contributed by atoms with Gasteiger partial charge in [-0.3, -0.25) is 0 Å². The largest absolute Gasteiger partial charge is 0.0876 e. The van der Waals surface area contributed by atoms with Crippen molar-refractivity contribution >= 4 is 0 Å². The average molecular weight is 132 g/mol. The maximum absolute atomic E-state index is 2.85. The molecule has 0 bridgehead atoms. The Morgan fingerprint density at radius 1 is 0.800 bits per heavy atom. The summed E-state index contributed by atoms with van der Waals surface area (Å²) < 4.78 is 0. The molecule has 0 aliphatic heterocycles. The molecule has 0 amide bonds. The van der Waals surface area contributed by atoms with Crippen LogP contribution in [-0.2, 0) is 0 Å². The van der Waals surface area contributed by atoms with Crippen LogP contribution in [0.25, 0.3) is 0 Å². The highest BCUT2D eigenvalue weighted by Crippen LogP contribution is 1.74. The van der Waals surface area contributed by atoms with Crippen LogP contribution in [0.15, 0.2) is 36.5 Å². The van der Waals surface area contributed by atoms with Gasteiger partial charge in [-0.25, -0.2) is 0 Å². The zero-order valence-electron chi connectivity index (χ0n) is 6.46.